The maximum atomic E-state index is 14.2. The second-order valence-corrected chi connectivity index (χ2v) is 34.3. The fourth-order valence-electron chi connectivity index (χ4n) is 17.0. The van der Waals surface area contributed by atoms with Gasteiger partial charge in [-0.15, -0.1) is 0 Å². The molecule has 0 radical (unpaired) electrons. The summed E-state index contributed by atoms with van der Waals surface area (Å²) in [6, 6.07) is 119. The van der Waals surface area contributed by atoms with Gasteiger partial charge in [-0.25, -0.2) is 47.9 Å². The SMILES string of the molecule is CCc1ccc(C(=O)Oc2ccc(C(=O)Oc3ccc(C(=O)Oc4ccc5ccccc5c4-c4c(OC(=O)c5ccc(OC(=O)c6ccc(OC(=O)c7ccc(CC)cc7)cc6)cc5)ccc5ccccc45)cc3)cc2)cc1.CCc1ccc(C(=O)Oc2ccc3cc(C(=O)Oc4ccc5ccccc5c4-c4c(OC(=O)c5ccc6cc(OC(=O)c7ccc(CC)cc7)ccc6c5)ccc5ccccc45)ccc3c2)cc1. The minimum Gasteiger partial charge on any atom is -0.423 e. The lowest BCUT2D eigenvalue weighted by Crippen LogP contribution is -2.12. The molecule has 0 saturated heterocycles. The van der Waals surface area contributed by atoms with Crippen molar-refractivity contribution in [3.8, 4) is 79.7 Å². The number of rotatable bonds is 26. The number of carbonyl (C=O) groups is 10. The fraction of sp³-hybridized carbons (Fsp3) is 0.0635. The molecule has 0 fully saturated rings. The minimum atomic E-state index is -0.706. The molecule has 0 amide bonds. The third-order valence-corrected chi connectivity index (χ3v) is 25.0. The van der Waals surface area contributed by atoms with E-state index in [1.54, 1.807) is 146 Å². The third-order valence-electron chi connectivity index (χ3n) is 25.0. The maximum absolute atomic E-state index is 14.2. The van der Waals surface area contributed by atoms with Crippen LogP contribution in [-0.4, -0.2) is 59.7 Å². The van der Waals surface area contributed by atoms with Crippen LogP contribution in [0, 0.1) is 0 Å². The summed E-state index contributed by atoms with van der Waals surface area (Å²) >= 11 is 0. The van der Waals surface area contributed by atoms with Gasteiger partial charge in [0.2, 0.25) is 0 Å². The molecule has 20 rings (SSSR count). The summed E-state index contributed by atoms with van der Waals surface area (Å²) in [5.41, 5.74) is 9.68. The van der Waals surface area contributed by atoms with E-state index in [2.05, 4.69) is 13.8 Å². The Bertz CT molecular complexity index is 7990. The lowest BCUT2D eigenvalue weighted by Gasteiger charge is -2.19. The van der Waals surface area contributed by atoms with Crippen molar-refractivity contribution in [1.29, 1.82) is 0 Å². The summed E-state index contributed by atoms with van der Waals surface area (Å²) in [5, 5.41) is 9.48. The van der Waals surface area contributed by atoms with Gasteiger partial charge in [0.05, 0.1) is 55.6 Å². The van der Waals surface area contributed by atoms with Crippen LogP contribution in [0.25, 0.3) is 86.9 Å². The Balaban J connectivity index is 0.000000186. The number of carbonyl (C=O) groups excluding carboxylic acids is 10. The van der Waals surface area contributed by atoms with Crippen molar-refractivity contribution in [3.63, 3.8) is 0 Å². The molecule has 0 aliphatic rings. The van der Waals surface area contributed by atoms with Crippen LogP contribution in [0.2, 0.25) is 0 Å². The van der Waals surface area contributed by atoms with Gasteiger partial charge < -0.3 is 47.4 Å². The number of aryl methyl sites for hydroxylation is 4. The summed E-state index contributed by atoms with van der Waals surface area (Å²) in [7, 11) is 0. The first-order valence-electron chi connectivity index (χ1n) is 47.3. The Morgan fingerprint density at radius 3 is 0.541 bits per heavy atom. The van der Waals surface area contributed by atoms with Gasteiger partial charge in [-0.1, -0.05) is 222 Å². The molecule has 20 aromatic rings. The van der Waals surface area contributed by atoms with E-state index in [-0.39, 0.29) is 68.2 Å². The van der Waals surface area contributed by atoms with Crippen LogP contribution in [0.3, 0.4) is 0 Å². The molecule has 0 bridgehead atoms. The Hall–Kier alpha value is -19.3. The molecule has 0 aromatic heterocycles. The zero-order valence-electron chi connectivity index (χ0n) is 79.3. The van der Waals surface area contributed by atoms with Crippen LogP contribution in [0.1, 0.15) is 154 Å². The predicted molar refractivity (Wildman–Crippen MR) is 560 cm³/mol. The fourth-order valence-corrected chi connectivity index (χ4v) is 17.0. The third kappa shape index (κ3) is 21.7. The summed E-state index contributed by atoms with van der Waals surface area (Å²) in [5.74, 6) is -3.34. The van der Waals surface area contributed by atoms with Gasteiger partial charge in [0.15, 0.2) is 0 Å². The first-order valence-corrected chi connectivity index (χ1v) is 47.3. The van der Waals surface area contributed by atoms with E-state index in [0.717, 1.165) is 102 Å². The van der Waals surface area contributed by atoms with Crippen LogP contribution in [0.15, 0.2) is 413 Å². The highest BCUT2D eigenvalue weighted by molar-refractivity contribution is 6.14. The first kappa shape index (κ1) is 95.6. The molecule has 0 aliphatic heterocycles. The van der Waals surface area contributed by atoms with E-state index in [1.807, 2.05) is 184 Å². The quantitative estimate of drug-likeness (QED) is 0.0360. The average molecular weight is 1920 g/mol. The van der Waals surface area contributed by atoms with Crippen molar-refractivity contribution >= 4 is 124 Å². The summed E-state index contributed by atoms with van der Waals surface area (Å²) in [4.78, 5) is 134. The molecule has 0 aliphatic carbocycles. The monoisotopic (exact) mass is 1920 g/mol. The van der Waals surface area contributed by atoms with Crippen molar-refractivity contribution in [1.82, 2.24) is 0 Å². The van der Waals surface area contributed by atoms with Crippen molar-refractivity contribution in [2.75, 3.05) is 0 Å². The highest BCUT2D eigenvalue weighted by Gasteiger charge is 2.29. The van der Waals surface area contributed by atoms with Crippen LogP contribution >= 0.6 is 0 Å². The second kappa shape index (κ2) is 43.2. The minimum absolute atomic E-state index is 0.160. The molecule has 0 saturated carbocycles. The topological polar surface area (TPSA) is 263 Å². The lowest BCUT2D eigenvalue weighted by atomic mass is 9.92. The summed E-state index contributed by atoms with van der Waals surface area (Å²) in [6.45, 7) is 8.16. The van der Waals surface area contributed by atoms with Crippen LogP contribution in [0.5, 0.6) is 57.5 Å². The highest BCUT2D eigenvalue weighted by Crippen LogP contribution is 2.49. The average Bonchev–Trinajstić information content (AvgIpc) is 0.749. The van der Waals surface area contributed by atoms with E-state index < -0.39 is 59.7 Å². The van der Waals surface area contributed by atoms with E-state index in [4.69, 9.17) is 47.4 Å². The number of esters is 10. The molecule has 0 atom stereocenters. The number of benzene rings is 20. The maximum Gasteiger partial charge on any atom is 0.343 e. The Labute approximate surface area is 838 Å². The summed E-state index contributed by atoms with van der Waals surface area (Å²) in [6.07, 6.45) is 3.44. The zero-order chi connectivity index (χ0) is 101. The first-order chi connectivity index (χ1) is 71.2. The predicted octanol–water partition coefficient (Wildman–Crippen LogP) is 28.1. The molecular weight excluding hydrogens is 1830 g/mol. The standard InChI is InChI=1S/C66H46O12.C60H42O8/c1-3-41-13-17-45(18-14-41)61(67)73-51-31-21-47(22-32-51)63(69)75-53-35-25-49(26-36-53)65(71)77-57-39-29-43-9-5-7-11-55(43)59(57)60-56-12-8-6-10-44(56)30-40-58(60)78-66(72)50-27-37-54(38-28-50)76-64(70)48-23-33-52(34-24-48)74-62(68)46-19-15-42(4-2)16-20-46;1-3-37-13-17-41(18-14-37)57(61)65-49-29-25-43-33-47(23-21-45(43)35-49)59(63)67-53-31-27-39-9-5-7-11-51(39)55(53)56-52-12-8-6-10-40(52)28-32-54(56)68-60(64)48-24-22-46-36-50(30-26-44(46)34-48)66-58(62)42-19-15-38(4-2)16-20-42/h5-40H,3-4H2,1-2H3;5-36H,3-4H2,1-2H3. The number of hydrogen-bond acceptors (Lipinski definition) is 20. The lowest BCUT2D eigenvalue weighted by molar-refractivity contribution is 0.0717. The molecule has 20 aromatic carbocycles. The highest BCUT2D eigenvalue weighted by atomic mass is 16.6. The number of hydrogen-bond donors (Lipinski definition) is 0. The molecule has 0 heterocycles. The molecular formula is C126H88O20. The van der Waals surface area contributed by atoms with E-state index in [9.17, 15) is 47.9 Å². The van der Waals surface area contributed by atoms with Gasteiger partial charge in [0, 0.05) is 22.3 Å². The second-order valence-electron chi connectivity index (χ2n) is 34.3. The molecule has 20 heteroatoms. The van der Waals surface area contributed by atoms with Gasteiger partial charge in [-0.2, -0.15) is 0 Å². The van der Waals surface area contributed by atoms with Crippen molar-refractivity contribution in [2.45, 2.75) is 53.4 Å². The smallest absolute Gasteiger partial charge is 0.343 e. The molecule has 20 nitrogen and oxygen atoms in total. The van der Waals surface area contributed by atoms with E-state index in [0.29, 0.717) is 77.9 Å². The Morgan fingerprint density at radius 1 is 0.151 bits per heavy atom. The van der Waals surface area contributed by atoms with E-state index in [1.165, 1.54) is 97.1 Å². The van der Waals surface area contributed by atoms with Gasteiger partial charge in [0.1, 0.15) is 57.5 Å². The molecule has 146 heavy (non-hydrogen) atoms. The van der Waals surface area contributed by atoms with Crippen LogP contribution < -0.4 is 47.4 Å². The van der Waals surface area contributed by atoms with Gasteiger partial charge in [-0.3, -0.25) is 0 Å². The molecule has 712 valence electrons. The Morgan fingerprint density at radius 2 is 0.315 bits per heavy atom. The zero-order valence-corrected chi connectivity index (χ0v) is 79.3. The van der Waals surface area contributed by atoms with Crippen LogP contribution in [0.4, 0.5) is 0 Å². The number of fused-ring (bicyclic) bond motifs is 6. The van der Waals surface area contributed by atoms with Crippen molar-refractivity contribution < 1.29 is 95.3 Å². The van der Waals surface area contributed by atoms with Crippen molar-refractivity contribution in [3.05, 3.63) is 490 Å². The molecule has 0 spiro atoms. The summed E-state index contributed by atoms with van der Waals surface area (Å²) < 4.78 is 58.6. The Kier molecular flexibility index (Phi) is 28.3. The van der Waals surface area contributed by atoms with Gasteiger partial charge in [-0.05, 0) is 331 Å². The van der Waals surface area contributed by atoms with Gasteiger partial charge in [0.25, 0.3) is 0 Å². The van der Waals surface area contributed by atoms with Crippen molar-refractivity contribution in [2.24, 2.45) is 0 Å². The number of ether oxygens (including phenoxy) is 10. The van der Waals surface area contributed by atoms with Gasteiger partial charge >= 0.3 is 59.7 Å². The molecule has 0 unspecified atom stereocenters. The normalized spacial score (nSPS) is 11.0. The van der Waals surface area contributed by atoms with E-state index >= 15 is 0 Å². The molecule has 0 N–H and O–H groups in total. The largest absolute Gasteiger partial charge is 0.423 e. The van der Waals surface area contributed by atoms with Crippen LogP contribution in [-0.2, 0) is 25.7 Å².